The van der Waals surface area contributed by atoms with Crippen LogP contribution in [0.5, 0.6) is 0 Å². The summed E-state index contributed by atoms with van der Waals surface area (Å²) >= 11 is 18.4. The van der Waals surface area contributed by atoms with Crippen molar-refractivity contribution in [1.82, 2.24) is 0 Å². The topological polar surface area (TPSA) is 26.0 Å². The highest BCUT2D eigenvalue weighted by Gasteiger charge is 2.10. The first kappa shape index (κ1) is 13.7. The molecule has 0 amide bonds. The largest absolute Gasteiger partial charge is 0.324 e. The van der Waals surface area contributed by atoms with Gasteiger partial charge in [-0.05, 0) is 30.2 Å². The number of hydrogen-bond donors (Lipinski definition) is 1. The first-order chi connectivity index (χ1) is 8.50. The van der Waals surface area contributed by atoms with Gasteiger partial charge in [-0.2, -0.15) is 0 Å². The summed E-state index contributed by atoms with van der Waals surface area (Å²) in [7, 11) is 0. The quantitative estimate of drug-likeness (QED) is 0.796. The van der Waals surface area contributed by atoms with Crippen LogP contribution in [0.3, 0.4) is 0 Å². The Morgan fingerprint density at radius 1 is 1.00 bits per heavy atom. The lowest BCUT2D eigenvalue weighted by Gasteiger charge is -2.11. The van der Waals surface area contributed by atoms with Crippen molar-refractivity contribution in [3.63, 3.8) is 0 Å². The van der Waals surface area contributed by atoms with E-state index in [9.17, 15) is 0 Å². The third-order valence-electron chi connectivity index (χ3n) is 2.75. The van der Waals surface area contributed by atoms with Crippen molar-refractivity contribution in [2.45, 2.75) is 13.0 Å². The van der Waals surface area contributed by atoms with Crippen LogP contribution < -0.4 is 5.73 Å². The molecule has 2 rings (SSSR count). The smallest absolute Gasteiger partial charge is 0.0670 e. The zero-order valence-electron chi connectivity index (χ0n) is 9.75. The Hall–Kier alpha value is -0.730. The second-order valence-electron chi connectivity index (χ2n) is 4.13. The van der Waals surface area contributed by atoms with E-state index in [4.69, 9.17) is 40.5 Å². The van der Waals surface area contributed by atoms with Gasteiger partial charge in [-0.3, -0.25) is 0 Å². The zero-order chi connectivity index (χ0) is 13.3. The highest BCUT2D eigenvalue weighted by molar-refractivity contribution is 6.43. The van der Waals surface area contributed by atoms with Crippen molar-refractivity contribution in [3.8, 4) is 11.1 Å². The standard InChI is InChI=1S/C14H12Cl3N/c1-8(18)10-6-5-9(7-13(10)16)11-3-2-4-12(15)14(11)17/h2-8H,18H2,1H3. The molecule has 2 N–H and O–H groups in total. The highest BCUT2D eigenvalue weighted by Crippen LogP contribution is 2.35. The summed E-state index contributed by atoms with van der Waals surface area (Å²) in [4.78, 5) is 0. The Morgan fingerprint density at radius 2 is 1.72 bits per heavy atom. The summed E-state index contributed by atoms with van der Waals surface area (Å²) in [6.45, 7) is 1.90. The molecule has 18 heavy (non-hydrogen) atoms. The van der Waals surface area contributed by atoms with Crippen molar-refractivity contribution in [3.05, 3.63) is 57.0 Å². The van der Waals surface area contributed by atoms with Crippen LogP contribution >= 0.6 is 34.8 Å². The molecule has 0 fully saturated rings. The number of hydrogen-bond acceptors (Lipinski definition) is 1. The fourth-order valence-electron chi connectivity index (χ4n) is 1.79. The molecule has 0 bridgehead atoms. The van der Waals surface area contributed by atoms with E-state index in [2.05, 4.69) is 0 Å². The molecule has 2 aromatic rings. The average Bonchev–Trinajstić information content (AvgIpc) is 2.32. The third-order valence-corrected chi connectivity index (χ3v) is 3.90. The number of benzene rings is 2. The van der Waals surface area contributed by atoms with Gasteiger partial charge in [-0.1, -0.05) is 59.1 Å². The average molecular weight is 301 g/mol. The molecule has 0 aliphatic carbocycles. The molecule has 1 nitrogen and oxygen atoms in total. The maximum absolute atomic E-state index is 6.21. The second kappa shape index (κ2) is 5.50. The molecule has 0 aliphatic heterocycles. The van der Waals surface area contributed by atoms with Gasteiger partial charge in [0.2, 0.25) is 0 Å². The zero-order valence-corrected chi connectivity index (χ0v) is 12.0. The van der Waals surface area contributed by atoms with Gasteiger partial charge in [-0.25, -0.2) is 0 Å². The Balaban J connectivity index is 2.52. The molecule has 0 aromatic heterocycles. The van der Waals surface area contributed by atoms with Gasteiger partial charge in [-0.15, -0.1) is 0 Å². The Morgan fingerprint density at radius 3 is 2.33 bits per heavy atom. The van der Waals surface area contributed by atoms with E-state index in [1.807, 2.05) is 37.3 Å². The van der Waals surface area contributed by atoms with Crippen molar-refractivity contribution < 1.29 is 0 Å². The minimum atomic E-state index is -0.0959. The summed E-state index contributed by atoms with van der Waals surface area (Å²) in [5.74, 6) is 0. The third kappa shape index (κ3) is 2.65. The van der Waals surface area contributed by atoms with Gasteiger partial charge in [0.25, 0.3) is 0 Å². The normalized spacial score (nSPS) is 12.5. The Bertz CT molecular complexity index is 579. The van der Waals surface area contributed by atoms with Crippen molar-refractivity contribution in [2.24, 2.45) is 5.73 Å². The van der Waals surface area contributed by atoms with Crippen molar-refractivity contribution >= 4 is 34.8 Å². The molecule has 0 heterocycles. The van der Waals surface area contributed by atoms with Crippen LogP contribution in [-0.2, 0) is 0 Å². The minimum absolute atomic E-state index is 0.0959. The van der Waals surface area contributed by atoms with Crippen molar-refractivity contribution in [1.29, 1.82) is 0 Å². The van der Waals surface area contributed by atoms with Crippen LogP contribution in [0.4, 0.5) is 0 Å². The molecule has 0 aliphatic rings. The van der Waals surface area contributed by atoms with Gasteiger partial charge >= 0.3 is 0 Å². The number of rotatable bonds is 2. The van der Waals surface area contributed by atoms with Gasteiger partial charge < -0.3 is 5.73 Å². The Labute approximate surface area is 121 Å². The minimum Gasteiger partial charge on any atom is -0.324 e. The molecule has 94 valence electrons. The number of halogens is 3. The molecule has 0 saturated heterocycles. The van der Waals surface area contributed by atoms with E-state index in [1.165, 1.54) is 0 Å². The molecule has 4 heteroatoms. The summed E-state index contributed by atoms with van der Waals surface area (Å²) in [6, 6.07) is 11.1. The van der Waals surface area contributed by atoms with Crippen LogP contribution in [0.15, 0.2) is 36.4 Å². The Kier molecular flexibility index (Phi) is 4.18. The van der Waals surface area contributed by atoms with E-state index in [-0.39, 0.29) is 6.04 Å². The summed E-state index contributed by atoms with van der Waals surface area (Å²) in [5.41, 5.74) is 8.53. The van der Waals surface area contributed by atoms with E-state index in [0.717, 1.165) is 16.7 Å². The van der Waals surface area contributed by atoms with Gasteiger partial charge in [0, 0.05) is 16.6 Å². The van der Waals surface area contributed by atoms with E-state index < -0.39 is 0 Å². The first-order valence-electron chi connectivity index (χ1n) is 5.50. The van der Waals surface area contributed by atoms with Crippen LogP contribution in [0.1, 0.15) is 18.5 Å². The van der Waals surface area contributed by atoms with E-state index in [1.54, 1.807) is 6.07 Å². The monoisotopic (exact) mass is 299 g/mol. The number of nitrogens with two attached hydrogens (primary N) is 1. The van der Waals surface area contributed by atoms with Gasteiger partial charge in [0.1, 0.15) is 0 Å². The predicted octanol–water partition coefficient (Wildman–Crippen LogP) is 5.33. The lowest BCUT2D eigenvalue weighted by molar-refractivity contribution is 0.819. The SMILES string of the molecule is CC(N)c1ccc(-c2cccc(Cl)c2Cl)cc1Cl. The molecule has 0 spiro atoms. The maximum atomic E-state index is 6.21. The lowest BCUT2D eigenvalue weighted by Crippen LogP contribution is -2.05. The second-order valence-corrected chi connectivity index (χ2v) is 5.32. The summed E-state index contributed by atoms with van der Waals surface area (Å²) < 4.78 is 0. The molecular weight excluding hydrogens is 289 g/mol. The summed E-state index contributed by atoms with van der Waals surface area (Å²) in [6.07, 6.45) is 0. The predicted molar refractivity (Wildman–Crippen MR) is 79.5 cm³/mol. The lowest BCUT2D eigenvalue weighted by atomic mass is 10.0. The highest BCUT2D eigenvalue weighted by atomic mass is 35.5. The van der Waals surface area contributed by atoms with Crippen molar-refractivity contribution in [2.75, 3.05) is 0 Å². The molecule has 1 unspecified atom stereocenters. The van der Waals surface area contributed by atoms with Crippen LogP contribution in [0.2, 0.25) is 15.1 Å². The molecule has 0 saturated carbocycles. The van der Waals surface area contributed by atoms with Gasteiger partial charge in [0.15, 0.2) is 0 Å². The molecule has 2 aromatic carbocycles. The summed E-state index contributed by atoms with van der Waals surface area (Å²) in [5, 5.41) is 1.70. The fraction of sp³-hybridized carbons (Fsp3) is 0.143. The van der Waals surface area contributed by atoms with E-state index in [0.29, 0.717) is 15.1 Å². The maximum Gasteiger partial charge on any atom is 0.0670 e. The molecule has 0 radical (unpaired) electrons. The van der Waals surface area contributed by atoms with E-state index >= 15 is 0 Å². The van der Waals surface area contributed by atoms with Crippen LogP contribution in [0, 0.1) is 0 Å². The molecular formula is C14H12Cl3N. The molecule has 1 atom stereocenters. The van der Waals surface area contributed by atoms with Crippen LogP contribution in [-0.4, -0.2) is 0 Å². The van der Waals surface area contributed by atoms with Crippen LogP contribution in [0.25, 0.3) is 11.1 Å². The fourth-order valence-corrected chi connectivity index (χ4v) is 2.55. The van der Waals surface area contributed by atoms with Gasteiger partial charge in [0.05, 0.1) is 10.0 Å². The first-order valence-corrected chi connectivity index (χ1v) is 6.63.